The quantitative estimate of drug-likeness (QED) is 0.209. The van der Waals surface area contributed by atoms with Gasteiger partial charge in [-0.1, -0.05) is 129 Å². The number of rotatable bonds is 3. The molecule has 208 valence electrons. The fourth-order valence-corrected chi connectivity index (χ4v) is 7.50. The van der Waals surface area contributed by atoms with Crippen LogP contribution in [0.25, 0.3) is 71.9 Å². The lowest BCUT2D eigenvalue weighted by Gasteiger charge is -2.23. The molecule has 0 unspecified atom stereocenters. The molecule has 2 nitrogen and oxygen atoms in total. The molecule has 0 N–H and O–H groups in total. The fraction of sp³-hybridized carbons (Fsp3) is 0.0714. The number of benzene rings is 6. The Morgan fingerprint density at radius 3 is 1.82 bits per heavy atom. The van der Waals surface area contributed by atoms with Crippen molar-refractivity contribution in [3.8, 4) is 39.3 Å². The summed E-state index contributed by atoms with van der Waals surface area (Å²) in [4.78, 5) is 5.17. The molecule has 0 fully saturated rings. The highest BCUT2D eigenvalue weighted by Crippen LogP contribution is 2.53. The van der Waals surface area contributed by atoms with Crippen LogP contribution in [0.15, 0.2) is 146 Å². The molecule has 1 aliphatic rings. The third-order valence-corrected chi connectivity index (χ3v) is 9.54. The number of para-hydroxylation sites is 1. The second-order valence-electron chi connectivity index (χ2n) is 12.4. The first-order chi connectivity index (χ1) is 21.6. The first-order valence-corrected chi connectivity index (χ1v) is 15.3. The van der Waals surface area contributed by atoms with E-state index in [9.17, 15) is 0 Å². The van der Waals surface area contributed by atoms with Gasteiger partial charge in [-0.2, -0.15) is 0 Å². The molecule has 0 saturated heterocycles. The molecule has 0 radical (unpaired) electrons. The van der Waals surface area contributed by atoms with Crippen LogP contribution in [-0.4, -0.2) is 9.55 Å². The smallest absolute Gasteiger partial charge is 0.0730 e. The summed E-state index contributed by atoms with van der Waals surface area (Å²) in [6, 6.07) is 52.6. The zero-order chi connectivity index (χ0) is 29.4. The molecule has 0 spiro atoms. The molecule has 9 rings (SSSR count). The molecule has 0 aliphatic heterocycles. The van der Waals surface area contributed by atoms with E-state index in [4.69, 9.17) is 4.98 Å². The predicted octanol–water partition coefficient (Wildman–Crippen LogP) is 11.0. The normalized spacial score (nSPS) is 13.4. The average Bonchev–Trinajstić information content (AvgIpc) is 3.52. The van der Waals surface area contributed by atoms with E-state index in [1.165, 1.54) is 54.8 Å². The monoisotopic (exact) mass is 562 g/mol. The van der Waals surface area contributed by atoms with Gasteiger partial charge in [-0.05, 0) is 63.4 Å². The van der Waals surface area contributed by atoms with Crippen molar-refractivity contribution >= 4 is 32.6 Å². The molecule has 2 heterocycles. The minimum Gasteiger partial charge on any atom is -0.309 e. The standard InChI is InChI=1S/C42H30N2/c1-42(2)36-25-35-32-19-11-12-20-39(32)44(40(35)26-34(36)33-22-21-27-13-9-10-18-31(27)41(33)42)30-23-37(28-14-5-3-6-15-28)43-38(24-30)29-16-7-4-8-17-29/h3-26H,1-2H3. The third kappa shape index (κ3) is 3.58. The Morgan fingerprint density at radius 1 is 0.500 bits per heavy atom. The third-order valence-electron chi connectivity index (χ3n) is 9.54. The van der Waals surface area contributed by atoms with E-state index < -0.39 is 0 Å². The highest BCUT2D eigenvalue weighted by Gasteiger charge is 2.37. The van der Waals surface area contributed by atoms with E-state index in [0.717, 1.165) is 28.2 Å². The van der Waals surface area contributed by atoms with Gasteiger partial charge in [-0.15, -0.1) is 0 Å². The van der Waals surface area contributed by atoms with Gasteiger partial charge in [0.2, 0.25) is 0 Å². The zero-order valence-electron chi connectivity index (χ0n) is 24.8. The molecule has 8 aromatic rings. The second-order valence-corrected chi connectivity index (χ2v) is 12.4. The highest BCUT2D eigenvalue weighted by molar-refractivity contribution is 6.12. The molecular weight excluding hydrogens is 532 g/mol. The van der Waals surface area contributed by atoms with Crippen molar-refractivity contribution in [1.29, 1.82) is 0 Å². The van der Waals surface area contributed by atoms with E-state index in [1.807, 2.05) is 0 Å². The molecule has 1 aliphatic carbocycles. The number of aromatic nitrogens is 2. The van der Waals surface area contributed by atoms with Gasteiger partial charge >= 0.3 is 0 Å². The van der Waals surface area contributed by atoms with Crippen molar-refractivity contribution in [2.75, 3.05) is 0 Å². The largest absolute Gasteiger partial charge is 0.309 e. The van der Waals surface area contributed by atoms with Crippen molar-refractivity contribution in [3.63, 3.8) is 0 Å². The van der Waals surface area contributed by atoms with Crippen LogP contribution in [-0.2, 0) is 5.41 Å². The first kappa shape index (κ1) is 25.1. The van der Waals surface area contributed by atoms with Gasteiger partial charge in [0, 0.05) is 27.3 Å². The lowest BCUT2D eigenvalue weighted by Crippen LogP contribution is -2.15. The van der Waals surface area contributed by atoms with E-state index in [1.54, 1.807) is 0 Å². The lowest BCUT2D eigenvalue weighted by molar-refractivity contribution is 0.667. The van der Waals surface area contributed by atoms with Crippen LogP contribution in [0.1, 0.15) is 25.0 Å². The average molecular weight is 563 g/mol. The summed E-state index contributed by atoms with van der Waals surface area (Å²) in [5.41, 5.74) is 13.0. The molecule has 2 heteroatoms. The Bertz CT molecular complexity index is 2340. The van der Waals surface area contributed by atoms with Crippen LogP contribution in [0.3, 0.4) is 0 Å². The molecular formula is C42H30N2. The summed E-state index contributed by atoms with van der Waals surface area (Å²) < 4.78 is 2.44. The van der Waals surface area contributed by atoms with Crippen LogP contribution in [0.4, 0.5) is 0 Å². The van der Waals surface area contributed by atoms with Gasteiger partial charge in [0.15, 0.2) is 0 Å². The van der Waals surface area contributed by atoms with Crippen molar-refractivity contribution < 1.29 is 0 Å². The molecule has 0 amide bonds. The van der Waals surface area contributed by atoms with Crippen molar-refractivity contribution in [2.24, 2.45) is 0 Å². The van der Waals surface area contributed by atoms with Crippen LogP contribution < -0.4 is 0 Å². The SMILES string of the molecule is CC1(C)c2cc3c4ccccc4n(-c4cc(-c5ccccc5)nc(-c5ccccc5)c4)c3cc2-c2ccc3ccccc3c21. The van der Waals surface area contributed by atoms with E-state index in [0.29, 0.717) is 0 Å². The van der Waals surface area contributed by atoms with E-state index in [-0.39, 0.29) is 5.41 Å². The summed E-state index contributed by atoms with van der Waals surface area (Å²) in [5.74, 6) is 0. The minimum absolute atomic E-state index is 0.111. The lowest BCUT2D eigenvalue weighted by atomic mass is 9.80. The Labute approximate surface area is 256 Å². The van der Waals surface area contributed by atoms with Gasteiger partial charge in [-0.25, -0.2) is 4.98 Å². The number of nitrogens with zero attached hydrogens (tertiary/aromatic N) is 2. The topological polar surface area (TPSA) is 17.8 Å². The van der Waals surface area contributed by atoms with Crippen molar-refractivity contribution in [3.05, 3.63) is 157 Å². The van der Waals surface area contributed by atoms with Crippen LogP contribution >= 0.6 is 0 Å². The van der Waals surface area contributed by atoms with Gasteiger partial charge in [0.05, 0.1) is 28.1 Å². The number of hydrogen-bond donors (Lipinski definition) is 0. The minimum atomic E-state index is -0.111. The number of hydrogen-bond acceptors (Lipinski definition) is 1. The molecule has 0 atom stereocenters. The summed E-state index contributed by atoms with van der Waals surface area (Å²) in [5, 5.41) is 5.19. The Hall–Kier alpha value is -5.47. The first-order valence-electron chi connectivity index (χ1n) is 15.3. The molecule has 6 aromatic carbocycles. The van der Waals surface area contributed by atoms with Gasteiger partial charge in [0.25, 0.3) is 0 Å². The molecule has 44 heavy (non-hydrogen) atoms. The maximum absolute atomic E-state index is 5.17. The van der Waals surface area contributed by atoms with Crippen LogP contribution in [0.5, 0.6) is 0 Å². The van der Waals surface area contributed by atoms with Gasteiger partial charge in [0.1, 0.15) is 0 Å². The molecule has 0 bridgehead atoms. The van der Waals surface area contributed by atoms with E-state index in [2.05, 4.69) is 164 Å². The summed E-state index contributed by atoms with van der Waals surface area (Å²) in [6.07, 6.45) is 0. The Kier molecular flexibility index (Phi) is 5.28. The Balaban J connectivity index is 1.37. The molecule has 0 saturated carbocycles. The summed E-state index contributed by atoms with van der Waals surface area (Å²) in [6.45, 7) is 4.77. The summed E-state index contributed by atoms with van der Waals surface area (Å²) in [7, 11) is 0. The van der Waals surface area contributed by atoms with Gasteiger partial charge < -0.3 is 4.57 Å². The fourth-order valence-electron chi connectivity index (χ4n) is 7.50. The molecule has 2 aromatic heterocycles. The van der Waals surface area contributed by atoms with Crippen LogP contribution in [0, 0.1) is 0 Å². The zero-order valence-corrected chi connectivity index (χ0v) is 24.8. The summed E-state index contributed by atoms with van der Waals surface area (Å²) >= 11 is 0. The Morgan fingerprint density at radius 2 is 1.11 bits per heavy atom. The van der Waals surface area contributed by atoms with E-state index >= 15 is 0 Å². The highest BCUT2D eigenvalue weighted by atomic mass is 15.0. The predicted molar refractivity (Wildman–Crippen MR) is 185 cm³/mol. The van der Waals surface area contributed by atoms with Crippen molar-refractivity contribution in [2.45, 2.75) is 19.3 Å². The second kappa shape index (κ2) is 9.26. The maximum atomic E-state index is 5.17. The van der Waals surface area contributed by atoms with Crippen molar-refractivity contribution in [1.82, 2.24) is 9.55 Å². The number of pyridine rings is 1. The van der Waals surface area contributed by atoms with Gasteiger partial charge in [-0.3, -0.25) is 0 Å². The van der Waals surface area contributed by atoms with Crippen LogP contribution in [0.2, 0.25) is 0 Å². The number of fused-ring (bicyclic) bond motifs is 8. The maximum Gasteiger partial charge on any atom is 0.0730 e.